The number of halogens is 1. The summed E-state index contributed by atoms with van der Waals surface area (Å²) in [4.78, 5) is 11.1. The molecule has 0 fully saturated rings. The highest BCUT2D eigenvalue weighted by molar-refractivity contribution is 9.10. The fourth-order valence-electron chi connectivity index (χ4n) is 1.74. The van der Waals surface area contributed by atoms with E-state index in [4.69, 9.17) is 9.84 Å². The van der Waals surface area contributed by atoms with Crippen molar-refractivity contribution in [3.8, 4) is 5.75 Å². The zero-order valence-electron chi connectivity index (χ0n) is 10.4. The lowest BCUT2D eigenvalue weighted by atomic mass is 10.1. The third kappa shape index (κ3) is 3.35. The molecule has 0 bridgehead atoms. The van der Waals surface area contributed by atoms with Crippen molar-refractivity contribution in [2.45, 2.75) is 13.5 Å². The van der Waals surface area contributed by atoms with Crippen molar-refractivity contribution in [3.05, 3.63) is 63.6 Å². The van der Waals surface area contributed by atoms with Crippen LogP contribution in [0.25, 0.3) is 0 Å². The molecule has 0 aliphatic carbocycles. The highest BCUT2D eigenvalue weighted by Crippen LogP contribution is 2.24. The Morgan fingerprint density at radius 1 is 1.26 bits per heavy atom. The van der Waals surface area contributed by atoms with Gasteiger partial charge in [-0.05, 0) is 30.7 Å². The number of rotatable bonds is 4. The summed E-state index contributed by atoms with van der Waals surface area (Å²) in [5.41, 5.74) is 1.94. The van der Waals surface area contributed by atoms with E-state index >= 15 is 0 Å². The molecule has 0 aliphatic heterocycles. The molecule has 0 heterocycles. The molecule has 0 radical (unpaired) electrons. The molecule has 2 aromatic rings. The monoisotopic (exact) mass is 320 g/mol. The number of aromatic carboxylic acids is 1. The molecule has 19 heavy (non-hydrogen) atoms. The lowest BCUT2D eigenvalue weighted by Crippen LogP contribution is -2.05. The van der Waals surface area contributed by atoms with Crippen LogP contribution in [-0.2, 0) is 6.61 Å². The molecule has 3 nitrogen and oxygen atoms in total. The fraction of sp³-hybridized carbons (Fsp3) is 0.133. The molecular formula is C15H13BrO3. The van der Waals surface area contributed by atoms with E-state index in [9.17, 15) is 4.79 Å². The number of benzene rings is 2. The van der Waals surface area contributed by atoms with Crippen molar-refractivity contribution in [2.75, 3.05) is 0 Å². The number of hydrogen-bond donors (Lipinski definition) is 1. The van der Waals surface area contributed by atoms with E-state index in [1.807, 2.05) is 25.1 Å². The number of ether oxygens (including phenoxy) is 1. The van der Waals surface area contributed by atoms with Crippen molar-refractivity contribution in [2.24, 2.45) is 0 Å². The first-order valence-corrected chi connectivity index (χ1v) is 6.57. The molecule has 4 heteroatoms. The summed E-state index contributed by atoms with van der Waals surface area (Å²) in [5.74, 6) is -0.195. The summed E-state index contributed by atoms with van der Waals surface area (Å²) >= 11 is 3.39. The minimum Gasteiger partial charge on any atom is -0.489 e. The average molecular weight is 321 g/mol. The zero-order chi connectivity index (χ0) is 13.8. The average Bonchev–Trinajstić information content (AvgIpc) is 2.40. The van der Waals surface area contributed by atoms with E-state index in [1.54, 1.807) is 24.3 Å². The molecule has 1 N–H and O–H groups in total. The molecule has 2 aromatic carbocycles. The summed E-state index contributed by atoms with van der Waals surface area (Å²) < 4.78 is 6.63. The number of carbonyl (C=O) groups is 1. The van der Waals surface area contributed by atoms with E-state index in [0.29, 0.717) is 5.56 Å². The minimum absolute atomic E-state index is 0.236. The second kappa shape index (κ2) is 5.89. The van der Waals surface area contributed by atoms with Crippen LogP contribution < -0.4 is 4.74 Å². The summed E-state index contributed by atoms with van der Waals surface area (Å²) in [6.45, 7) is 2.19. The van der Waals surface area contributed by atoms with Crippen LogP contribution in [0.1, 0.15) is 21.5 Å². The standard InChI is InChI=1S/C15H13BrO3/c1-10-6-7-12(16)8-14(10)19-9-11-4-2-3-5-13(11)15(17)18/h2-8H,9H2,1H3,(H,17,18). The third-order valence-corrected chi connectivity index (χ3v) is 3.27. The van der Waals surface area contributed by atoms with Crippen molar-refractivity contribution in [3.63, 3.8) is 0 Å². The van der Waals surface area contributed by atoms with Gasteiger partial charge < -0.3 is 9.84 Å². The van der Waals surface area contributed by atoms with Gasteiger partial charge in [0.25, 0.3) is 0 Å². The normalized spacial score (nSPS) is 10.2. The van der Waals surface area contributed by atoms with Gasteiger partial charge in [0.2, 0.25) is 0 Å². The van der Waals surface area contributed by atoms with Gasteiger partial charge in [0.1, 0.15) is 12.4 Å². The van der Waals surface area contributed by atoms with Gasteiger partial charge in [-0.2, -0.15) is 0 Å². The van der Waals surface area contributed by atoms with Crippen LogP contribution in [0.4, 0.5) is 0 Å². The number of aryl methyl sites for hydroxylation is 1. The molecule has 2 rings (SSSR count). The van der Waals surface area contributed by atoms with Crippen molar-refractivity contribution < 1.29 is 14.6 Å². The maximum Gasteiger partial charge on any atom is 0.336 e. The Hall–Kier alpha value is -1.81. The van der Waals surface area contributed by atoms with Gasteiger partial charge >= 0.3 is 5.97 Å². The van der Waals surface area contributed by atoms with E-state index < -0.39 is 5.97 Å². The van der Waals surface area contributed by atoms with Crippen LogP contribution in [0.15, 0.2) is 46.9 Å². The van der Waals surface area contributed by atoms with E-state index in [1.165, 1.54) is 0 Å². The van der Waals surface area contributed by atoms with Gasteiger partial charge in [-0.15, -0.1) is 0 Å². The van der Waals surface area contributed by atoms with Crippen molar-refractivity contribution in [1.29, 1.82) is 0 Å². The highest BCUT2D eigenvalue weighted by Gasteiger charge is 2.10. The van der Waals surface area contributed by atoms with Crippen LogP contribution in [0.3, 0.4) is 0 Å². The summed E-state index contributed by atoms with van der Waals surface area (Å²) in [7, 11) is 0. The number of carboxylic acid groups (broad SMARTS) is 1. The summed E-state index contributed by atoms with van der Waals surface area (Å²) in [6, 6.07) is 12.6. The largest absolute Gasteiger partial charge is 0.489 e. The molecule has 0 saturated carbocycles. The third-order valence-electron chi connectivity index (χ3n) is 2.78. The Kier molecular flexibility index (Phi) is 4.22. The Bertz CT molecular complexity index is 608. The van der Waals surface area contributed by atoms with Gasteiger partial charge in [-0.3, -0.25) is 0 Å². The molecule has 0 aromatic heterocycles. The Morgan fingerprint density at radius 3 is 2.74 bits per heavy atom. The van der Waals surface area contributed by atoms with E-state index in [0.717, 1.165) is 15.8 Å². The summed E-state index contributed by atoms with van der Waals surface area (Å²) in [6.07, 6.45) is 0. The molecule has 0 atom stereocenters. The first-order valence-electron chi connectivity index (χ1n) is 5.78. The molecule has 0 spiro atoms. The van der Waals surface area contributed by atoms with Crippen LogP contribution in [0.5, 0.6) is 5.75 Å². The quantitative estimate of drug-likeness (QED) is 0.924. The molecule has 0 amide bonds. The van der Waals surface area contributed by atoms with E-state index in [-0.39, 0.29) is 12.2 Å². The first kappa shape index (κ1) is 13.6. The molecular weight excluding hydrogens is 308 g/mol. The van der Waals surface area contributed by atoms with Crippen molar-refractivity contribution >= 4 is 21.9 Å². The first-order chi connectivity index (χ1) is 9.08. The lowest BCUT2D eigenvalue weighted by Gasteiger charge is -2.11. The minimum atomic E-state index is -0.940. The van der Waals surface area contributed by atoms with Gasteiger partial charge in [0.15, 0.2) is 0 Å². The topological polar surface area (TPSA) is 46.5 Å². The molecule has 98 valence electrons. The van der Waals surface area contributed by atoms with Crippen LogP contribution in [-0.4, -0.2) is 11.1 Å². The van der Waals surface area contributed by atoms with Gasteiger partial charge in [0, 0.05) is 10.0 Å². The Morgan fingerprint density at radius 2 is 2.00 bits per heavy atom. The molecule has 0 unspecified atom stereocenters. The smallest absolute Gasteiger partial charge is 0.336 e. The second-order valence-electron chi connectivity index (χ2n) is 4.16. The van der Waals surface area contributed by atoms with Gasteiger partial charge in [-0.1, -0.05) is 40.2 Å². The predicted octanol–water partition coefficient (Wildman–Crippen LogP) is 4.03. The van der Waals surface area contributed by atoms with Crippen LogP contribution in [0.2, 0.25) is 0 Å². The van der Waals surface area contributed by atoms with Crippen LogP contribution >= 0.6 is 15.9 Å². The highest BCUT2D eigenvalue weighted by atomic mass is 79.9. The van der Waals surface area contributed by atoms with Gasteiger partial charge in [0.05, 0.1) is 5.56 Å². The molecule has 0 saturated heterocycles. The Labute approximate surface area is 120 Å². The van der Waals surface area contributed by atoms with Gasteiger partial charge in [-0.25, -0.2) is 4.79 Å². The number of hydrogen-bond acceptors (Lipinski definition) is 2. The molecule has 0 aliphatic rings. The number of carboxylic acids is 1. The fourth-order valence-corrected chi connectivity index (χ4v) is 2.08. The predicted molar refractivity (Wildman–Crippen MR) is 76.6 cm³/mol. The van der Waals surface area contributed by atoms with Crippen molar-refractivity contribution in [1.82, 2.24) is 0 Å². The lowest BCUT2D eigenvalue weighted by molar-refractivity contribution is 0.0694. The van der Waals surface area contributed by atoms with E-state index in [2.05, 4.69) is 15.9 Å². The SMILES string of the molecule is Cc1ccc(Br)cc1OCc1ccccc1C(=O)O. The second-order valence-corrected chi connectivity index (χ2v) is 5.08. The van der Waals surface area contributed by atoms with Crippen LogP contribution in [0, 0.1) is 6.92 Å². The Balaban J connectivity index is 2.19. The maximum absolute atomic E-state index is 11.1. The summed E-state index contributed by atoms with van der Waals surface area (Å²) in [5, 5.41) is 9.10. The maximum atomic E-state index is 11.1. The zero-order valence-corrected chi connectivity index (χ0v) is 12.0.